The first-order chi connectivity index (χ1) is 11.4. The number of nitrogens with one attached hydrogen (secondary N) is 1. The second-order valence-corrected chi connectivity index (χ2v) is 9.08. The SMILES string of the molecule is Cc1nc(NC(=O)C2CC3CCCC(C2)C3N)sc1SCC(N)=O. The van der Waals surface area contributed by atoms with Crippen molar-refractivity contribution < 1.29 is 9.59 Å². The van der Waals surface area contributed by atoms with Gasteiger partial charge in [-0.05, 0) is 44.4 Å². The molecule has 1 aromatic heterocycles. The fraction of sp³-hybridized carbons (Fsp3) is 0.688. The zero-order valence-corrected chi connectivity index (χ0v) is 15.4. The van der Waals surface area contributed by atoms with Gasteiger partial charge in [-0.15, -0.1) is 11.8 Å². The summed E-state index contributed by atoms with van der Waals surface area (Å²) in [4.78, 5) is 27.9. The lowest BCUT2D eigenvalue weighted by molar-refractivity contribution is -0.122. The second-order valence-electron chi connectivity index (χ2n) is 6.83. The molecule has 2 bridgehead atoms. The first-order valence-corrected chi connectivity index (χ1v) is 10.2. The Morgan fingerprint density at radius 3 is 2.62 bits per heavy atom. The van der Waals surface area contributed by atoms with Crippen LogP contribution >= 0.6 is 23.1 Å². The van der Waals surface area contributed by atoms with Crippen molar-refractivity contribution in [2.24, 2.45) is 29.2 Å². The van der Waals surface area contributed by atoms with Gasteiger partial charge in [0.1, 0.15) is 0 Å². The third-order valence-electron chi connectivity index (χ3n) is 5.11. The van der Waals surface area contributed by atoms with Crippen LogP contribution in [-0.2, 0) is 9.59 Å². The van der Waals surface area contributed by atoms with Crippen LogP contribution in [0.1, 0.15) is 37.8 Å². The molecule has 8 heteroatoms. The highest BCUT2D eigenvalue weighted by Crippen LogP contribution is 2.42. The molecule has 2 atom stereocenters. The van der Waals surface area contributed by atoms with Gasteiger partial charge in [-0.2, -0.15) is 0 Å². The molecule has 3 rings (SSSR count). The molecular weight excluding hydrogens is 344 g/mol. The van der Waals surface area contributed by atoms with Gasteiger partial charge in [0.25, 0.3) is 0 Å². The molecule has 0 aromatic carbocycles. The van der Waals surface area contributed by atoms with E-state index in [1.54, 1.807) is 0 Å². The number of anilines is 1. The van der Waals surface area contributed by atoms with Crippen LogP contribution < -0.4 is 16.8 Å². The summed E-state index contributed by atoms with van der Waals surface area (Å²) in [7, 11) is 0. The van der Waals surface area contributed by atoms with Crippen LogP contribution in [0.2, 0.25) is 0 Å². The molecule has 2 aliphatic rings. The number of amides is 2. The summed E-state index contributed by atoms with van der Waals surface area (Å²) in [5, 5.41) is 3.56. The van der Waals surface area contributed by atoms with Gasteiger partial charge in [-0.25, -0.2) is 4.98 Å². The largest absolute Gasteiger partial charge is 0.369 e. The normalized spacial score (nSPS) is 29.2. The highest BCUT2D eigenvalue weighted by atomic mass is 32.2. The maximum Gasteiger partial charge on any atom is 0.229 e. The number of hydrogen-bond acceptors (Lipinski definition) is 6. The van der Waals surface area contributed by atoms with E-state index in [0.29, 0.717) is 17.0 Å². The molecule has 0 spiro atoms. The van der Waals surface area contributed by atoms with Gasteiger partial charge in [-0.1, -0.05) is 17.8 Å². The smallest absolute Gasteiger partial charge is 0.229 e. The lowest BCUT2D eigenvalue weighted by atomic mass is 9.65. The highest BCUT2D eigenvalue weighted by Gasteiger charge is 2.40. The number of nitrogens with zero attached hydrogens (tertiary/aromatic N) is 1. The zero-order chi connectivity index (χ0) is 17.3. The number of nitrogens with two attached hydrogens (primary N) is 2. The van der Waals surface area contributed by atoms with Crippen LogP contribution in [0, 0.1) is 24.7 Å². The van der Waals surface area contributed by atoms with Crippen molar-refractivity contribution >= 4 is 40.0 Å². The Kier molecular flexibility index (Phi) is 5.46. The van der Waals surface area contributed by atoms with Crippen LogP contribution in [-0.4, -0.2) is 28.6 Å². The van der Waals surface area contributed by atoms with E-state index in [2.05, 4.69) is 10.3 Å². The molecule has 1 heterocycles. The molecule has 5 N–H and O–H groups in total. The van der Waals surface area contributed by atoms with Crippen molar-refractivity contribution in [3.05, 3.63) is 5.69 Å². The maximum absolute atomic E-state index is 12.6. The molecule has 2 amide bonds. The molecule has 2 unspecified atom stereocenters. The Hall–Kier alpha value is -1.12. The number of rotatable bonds is 5. The van der Waals surface area contributed by atoms with Gasteiger partial charge >= 0.3 is 0 Å². The fourth-order valence-electron chi connectivity index (χ4n) is 3.92. The number of carbonyl (C=O) groups excluding carboxylic acids is 2. The van der Waals surface area contributed by atoms with E-state index in [4.69, 9.17) is 11.5 Å². The number of thioether (sulfide) groups is 1. The monoisotopic (exact) mass is 368 g/mol. The third-order valence-corrected chi connectivity index (χ3v) is 7.57. The van der Waals surface area contributed by atoms with Crippen LogP contribution in [0.5, 0.6) is 0 Å². The van der Waals surface area contributed by atoms with E-state index >= 15 is 0 Å². The van der Waals surface area contributed by atoms with E-state index in [0.717, 1.165) is 35.6 Å². The van der Waals surface area contributed by atoms with Crippen molar-refractivity contribution in [2.45, 2.75) is 49.3 Å². The molecule has 0 aliphatic heterocycles. The maximum atomic E-state index is 12.6. The van der Waals surface area contributed by atoms with E-state index < -0.39 is 0 Å². The quantitative estimate of drug-likeness (QED) is 0.689. The molecule has 2 fully saturated rings. The Balaban J connectivity index is 1.61. The lowest BCUT2D eigenvalue weighted by Crippen LogP contribution is -2.48. The van der Waals surface area contributed by atoms with Gasteiger partial charge in [0.15, 0.2) is 5.13 Å². The van der Waals surface area contributed by atoms with E-state index in [-0.39, 0.29) is 29.5 Å². The minimum Gasteiger partial charge on any atom is -0.369 e. The fourth-order valence-corrected chi connectivity index (χ4v) is 5.80. The van der Waals surface area contributed by atoms with Gasteiger partial charge in [0.2, 0.25) is 11.8 Å². The molecule has 24 heavy (non-hydrogen) atoms. The number of primary amides is 1. The van der Waals surface area contributed by atoms with Crippen molar-refractivity contribution in [2.75, 3.05) is 11.1 Å². The zero-order valence-electron chi connectivity index (χ0n) is 13.8. The average molecular weight is 369 g/mol. The van der Waals surface area contributed by atoms with E-state index in [1.807, 2.05) is 6.92 Å². The summed E-state index contributed by atoms with van der Waals surface area (Å²) >= 11 is 2.77. The molecule has 6 nitrogen and oxygen atoms in total. The average Bonchev–Trinajstić information content (AvgIpc) is 2.84. The number of fused-ring (bicyclic) bond motifs is 2. The van der Waals surface area contributed by atoms with Crippen LogP contribution in [0.25, 0.3) is 0 Å². The van der Waals surface area contributed by atoms with E-state index in [1.165, 1.54) is 29.5 Å². The van der Waals surface area contributed by atoms with Crippen molar-refractivity contribution in [3.8, 4) is 0 Å². The summed E-state index contributed by atoms with van der Waals surface area (Å²) < 4.78 is 0.923. The first-order valence-electron chi connectivity index (χ1n) is 8.39. The number of thiazole rings is 1. The Morgan fingerprint density at radius 1 is 1.33 bits per heavy atom. The minimum atomic E-state index is -0.358. The highest BCUT2D eigenvalue weighted by molar-refractivity contribution is 8.01. The first kappa shape index (κ1) is 17.7. The van der Waals surface area contributed by atoms with Crippen LogP contribution in [0.15, 0.2) is 4.21 Å². The van der Waals surface area contributed by atoms with Gasteiger partial charge in [0.05, 0.1) is 15.7 Å². The summed E-state index contributed by atoms with van der Waals surface area (Å²) in [6, 6.07) is 0.265. The Bertz CT molecular complexity index is 620. The number of hydrogen-bond donors (Lipinski definition) is 3. The standard InChI is InChI=1S/C16H24N4O2S2/c1-8-15(23-7-12(17)21)24-16(19-8)20-14(22)11-5-9-3-2-4-10(6-11)13(9)18/h9-11,13H,2-7,18H2,1H3,(H2,17,21)(H,19,20,22). The molecule has 0 saturated heterocycles. The van der Waals surface area contributed by atoms with Gasteiger partial charge < -0.3 is 16.8 Å². The molecule has 132 valence electrons. The summed E-state index contributed by atoms with van der Waals surface area (Å²) in [6.45, 7) is 1.87. The molecule has 2 aliphatic carbocycles. The number of carbonyl (C=O) groups is 2. The second kappa shape index (κ2) is 7.41. The van der Waals surface area contributed by atoms with Gasteiger partial charge in [0, 0.05) is 12.0 Å². The predicted octanol–water partition coefficient (Wildman–Crippen LogP) is 2.12. The molecule has 1 aromatic rings. The van der Waals surface area contributed by atoms with Crippen molar-refractivity contribution in [1.82, 2.24) is 4.98 Å². The lowest BCUT2D eigenvalue weighted by Gasteiger charge is -2.43. The summed E-state index contributed by atoms with van der Waals surface area (Å²) in [5.41, 5.74) is 12.3. The topological polar surface area (TPSA) is 111 Å². The molecule has 0 radical (unpaired) electrons. The van der Waals surface area contributed by atoms with Crippen LogP contribution in [0.3, 0.4) is 0 Å². The summed E-state index contributed by atoms with van der Waals surface area (Å²) in [5.74, 6) is 0.912. The minimum absolute atomic E-state index is 0.0334. The third kappa shape index (κ3) is 3.92. The van der Waals surface area contributed by atoms with Crippen molar-refractivity contribution in [1.29, 1.82) is 0 Å². The Labute approximate surface area is 150 Å². The number of aromatic nitrogens is 1. The van der Waals surface area contributed by atoms with E-state index in [9.17, 15) is 9.59 Å². The molecular formula is C16H24N4O2S2. The number of aryl methyl sites for hydroxylation is 1. The predicted molar refractivity (Wildman–Crippen MR) is 96.9 cm³/mol. The van der Waals surface area contributed by atoms with Crippen molar-refractivity contribution in [3.63, 3.8) is 0 Å². The molecule has 2 saturated carbocycles. The summed E-state index contributed by atoms with van der Waals surface area (Å²) in [6.07, 6.45) is 5.30. The van der Waals surface area contributed by atoms with Gasteiger partial charge in [-0.3, -0.25) is 9.59 Å². The van der Waals surface area contributed by atoms with Crippen LogP contribution in [0.4, 0.5) is 5.13 Å². The Morgan fingerprint density at radius 2 is 2.00 bits per heavy atom.